The van der Waals surface area contributed by atoms with Gasteiger partial charge < -0.3 is 14.2 Å². The van der Waals surface area contributed by atoms with Crippen molar-refractivity contribution in [3.05, 3.63) is 88.4 Å². The zero-order valence-electron chi connectivity index (χ0n) is 18.0. The molecule has 6 nitrogen and oxygen atoms in total. The number of rotatable bonds is 10. The van der Waals surface area contributed by atoms with Gasteiger partial charge in [0.15, 0.2) is 11.5 Å². The summed E-state index contributed by atoms with van der Waals surface area (Å²) in [6, 6.07) is 20.0. The Kier molecular flexibility index (Phi) is 8.52. The number of carbonyl (C=O) groups is 1. The molecule has 0 atom stereocenters. The first-order valence-electron chi connectivity index (χ1n) is 10.3. The van der Waals surface area contributed by atoms with Gasteiger partial charge in [0.2, 0.25) is 0 Å². The van der Waals surface area contributed by atoms with E-state index in [0.717, 1.165) is 11.1 Å². The number of hydrogen-bond acceptors (Lipinski definition) is 5. The highest BCUT2D eigenvalue weighted by atomic mass is 35.5. The standard InChI is InChI=1S/C25H25ClN2O4/c1-3-30-23-12-11-20(15-24(23)31-4-2)25(29)28-27-16-18-7-6-10-22(14-18)32-17-19-8-5-9-21(26)13-19/h5-16H,3-4,17H2,1-2H3,(H,28,29)/b27-16+. The van der Waals surface area contributed by atoms with E-state index in [4.69, 9.17) is 25.8 Å². The van der Waals surface area contributed by atoms with E-state index in [1.165, 1.54) is 0 Å². The molecule has 0 fully saturated rings. The van der Waals surface area contributed by atoms with Crippen LogP contribution in [0.5, 0.6) is 17.2 Å². The highest BCUT2D eigenvalue weighted by Gasteiger charge is 2.11. The van der Waals surface area contributed by atoms with Crippen molar-refractivity contribution in [1.82, 2.24) is 5.43 Å². The van der Waals surface area contributed by atoms with Crippen LogP contribution in [-0.4, -0.2) is 25.3 Å². The fourth-order valence-electron chi connectivity index (χ4n) is 2.90. The van der Waals surface area contributed by atoms with E-state index in [1.54, 1.807) is 24.4 Å². The lowest BCUT2D eigenvalue weighted by molar-refractivity contribution is 0.0954. The van der Waals surface area contributed by atoms with E-state index >= 15 is 0 Å². The fourth-order valence-corrected chi connectivity index (χ4v) is 3.11. The second-order valence-corrected chi connectivity index (χ2v) is 7.15. The first kappa shape index (κ1) is 23.2. The predicted molar refractivity (Wildman–Crippen MR) is 126 cm³/mol. The summed E-state index contributed by atoms with van der Waals surface area (Å²) in [7, 11) is 0. The third-order valence-corrected chi connectivity index (χ3v) is 4.57. The molecule has 0 spiro atoms. The van der Waals surface area contributed by atoms with Crippen molar-refractivity contribution in [2.45, 2.75) is 20.5 Å². The van der Waals surface area contributed by atoms with Crippen molar-refractivity contribution >= 4 is 23.7 Å². The minimum atomic E-state index is -0.349. The minimum absolute atomic E-state index is 0.349. The SMILES string of the molecule is CCOc1ccc(C(=O)N/N=C/c2cccc(OCc3cccc(Cl)c3)c2)cc1OCC. The number of carbonyl (C=O) groups excluding carboxylic acids is 1. The van der Waals surface area contributed by atoms with Crippen LogP contribution in [0.4, 0.5) is 0 Å². The number of hydrazone groups is 1. The third-order valence-electron chi connectivity index (χ3n) is 4.34. The molecule has 0 saturated carbocycles. The summed E-state index contributed by atoms with van der Waals surface area (Å²) >= 11 is 6.00. The number of benzene rings is 3. The molecule has 1 N–H and O–H groups in total. The van der Waals surface area contributed by atoms with Crippen LogP contribution in [0.1, 0.15) is 35.3 Å². The van der Waals surface area contributed by atoms with Crippen LogP contribution in [0.2, 0.25) is 5.02 Å². The van der Waals surface area contributed by atoms with E-state index in [2.05, 4.69) is 10.5 Å². The van der Waals surface area contributed by atoms with E-state index in [9.17, 15) is 4.79 Å². The lowest BCUT2D eigenvalue weighted by Gasteiger charge is -2.11. The van der Waals surface area contributed by atoms with Crippen LogP contribution in [0.15, 0.2) is 71.8 Å². The van der Waals surface area contributed by atoms with Gasteiger partial charge in [-0.2, -0.15) is 5.10 Å². The van der Waals surface area contributed by atoms with Crippen molar-refractivity contribution in [2.75, 3.05) is 13.2 Å². The third kappa shape index (κ3) is 6.75. The molecule has 0 unspecified atom stereocenters. The lowest BCUT2D eigenvalue weighted by atomic mass is 10.2. The van der Waals surface area contributed by atoms with Crippen molar-refractivity contribution in [3.63, 3.8) is 0 Å². The highest BCUT2D eigenvalue weighted by Crippen LogP contribution is 2.28. The van der Waals surface area contributed by atoms with Crippen LogP contribution >= 0.6 is 11.6 Å². The van der Waals surface area contributed by atoms with Crippen molar-refractivity contribution in [2.24, 2.45) is 5.10 Å². The molecule has 32 heavy (non-hydrogen) atoms. The fraction of sp³-hybridized carbons (Fsp3) is 0.200. The average Bonchev–Trinajstić information content (AvgIpc) is 2.79. The molecule has 1 amide bonds. The van der Waals surface area contributed by atoms with Crippen molar-refractivity contribution in [1.29, 1.82) is 0 Å². The van der Waals surface area contributed by atoms with Gasteiger partial charge in [-0.1, -0.05) is 35.9 Å². The second-order valence-electron chi connectivity index (χ2n) is 6.72. The van der Waals surface area contributed by atoms with Gasteiger partial charge in [0, 0.05) is 10.6 Å². The van der Waals surface area contributed by atoms with Crippen LogP contribution in [-0.2, 0) is 6.61 Å². The lowest BCUT2D eigenvalue weighted by Crippen LogP contribution is -2.17. The molecule has 0 aromatic heterocycles. The number of nitrogens with one attached hydrogen (secondary N) is 1. The summed E-state index contributed by atoms with van der Waals surface area (Å²) in [6.07, 6.45) is 1.56. The molecular weight excluding hydrogens is 428 g/mol. The zero-order chi connectivity index (χ0) is 22.8. The molecule has 3 aromatic rings. The Morgan fingerprint density at radius 2 is 1.72 bits per heavy atom. The molecule has 166 valence electrons. The summed E-state index contributed by atoms with van der Waals surface area (Å²) in [5, 5.41) is 4.72. The zero-order valence-corrected chi connectivity index (χ0v) is 18.8. The predicted octanol–water partition coefficient (Wildman–Crippen LogP) is 5.48. The van der Waals surface area contributed by atoms with E-state index in [0.29, 0.717) is 47.7 Å². The van der Waals surface area contributed by atoms with Crippen LogP contribution in [0, 0.1) is 0 Å². The van der Waals surface area contributed by atoms with Crippen molar-refractivity contribution in [3.8, 4) is 17.2 Å². The Morgan fingerprint density at radius 3 is 2.50 bits per heavy atom. The molecular formula is C25H25ClN2O4. The Morgan fingerprint density at radius 1 is 0.938 bits per heavy atom. The van der Waals surface area contributed by atoms with Crippen LogP contribution < -0.4 is 19.6 Å². The largest absolute Gasteiger partial charge is 0.490 e. The maximum absolute atomic E-state index is 12.5. The van der Waals surface area contributed by atoms with E-state index in [-0.39, 0.29) is 5.91 Å². The Hall–Kier alpha value is -3.51. The summed E-state index contributed by atoms with van der Waals surface area (Å²) in [5.41, 5.74) is 4.72. The Balaban J connectivity index is 1.60. The van der Waals surface area contributed by atoms with Gasteiger partial charge in [-0.05, 0) is 67.4 Å². The molecule has 3 rings (SSSR count). The summed E-state index contributed by atoms with van der Waals surface area (Å²) < 4.78 is 16.9. The monoisotopic (exact) mass is 452 g/mol. The molecule has 0 aliphatic rings. The van der Waals surface area contributed by atoms with E-state index in [1.807, 2.05) is 62.4 Å². The molecule has 3 aromatic carbocycles. The average molecular weight is 453 g/mol. The minimum Gasteiger partial charge on any atom is -0.490 e. The van der Waals surface area contributed by atoms with Gasteiger partial charge >= 0.3 is 0 Å². The number of halogens is 1. The quantitative estimate of drug-likeness (QED) is 0.326. The molecule has 7 heteroatoms. The van der Waals surface area contributed by atoms with Gasteiger partial charge in [0.25, 0.3) is 5.91 Å². The smallest absolute Gasteiger partial charge is 0.271 e. The van der Waals surface area contributed by atoms with Crippen LogP contribution in [0.25, 0.3) is 0 Å². The molecule has 0 radical (unpaired) electrons. The van der Waals surface area contributed by atoms with Gasteiger partial charge in [0.1, 0.15) is 12.4 Å². The van der Waals surface area contributed by atoms with E-state index < -0.39 is 0 Å². The number of ether oxygens (including phenoxy) is 3. The van der Waals surface area contributed by atoms with Gasteiger partial charge in [0.05, 0.1) is 19.4 Å². The molecule has 0 heterocycles. The maximum Gasteiger partial charge on any atom is 0.271 e. The summed E-state index contributed by atoms with van der Waals surface area (Å²) in [6.45, 7) is 5.15. The second kappa shape index (κ2) is 11.8. The molecule has 0 bridgehead atoms. The van der Waals surface area contributed by atoms with Gasteiger partial charge in [-0.15, -0.1) is 0 Å². The molecule has 0 aliphatic heterocycles. The number of nitrogens with zero attached hydrogens (tertiary/aromatic N) is 1. The van der Waals surface area contributed by atoms with Gasteiger partial charge in [-0.3, -0.25) is 4.79 Å². The van der Waals surface area contributed by atoms with Crippen LogP contribution in [0.3, 0.4) is 0 Å². The topological polar surface area (TPSA) is 69.2 Å². The highest BCUT2D eigenvalue weighted by molar-refractivity contribution is 6.30. The normalized spacial score (nSPS) is 10.7. The maximum atomic E-state index is 12.5. The van der Waals surface area contributed by atoms with Crippen molar-refractivity contribution < 1.29 is 19.0 Å². The number of amides is 1. The first-order chi connectivity index (χ1) is 15.6. The first-order valence-corrected chi connectivity index (χ1v) is 10.7. The Labute approximate surface area is 192 Å². The summed E-state index contributed by atoms with van der Waals surface area (Å²) in [4.78, 5) is 12.5. The summed E-state index contributed by atoms with van der Waals surface area (Å²) in [5.74, 6) is 1.46. The molecule has 0 aliphatic carbocycles. The molecule has 0 saturated heterocycles. The van der Waals surface area contributed by atoms with Gasteiger partial charge in [-0.25, -0.2) is 5.43 Å². The number of hydrogen-bond donors (Lipinski definition) is 1. The Bertz CT molecular complexity index is 1090.